The summed E-state index contributed by atoms with van der Waals surface area (Å²) in [5.74, 6) is -0.445. The number of likely N-dealkylation sites (tertiary alicyclic amines) is 1. The second-order valence-corrected chi connectivity index (χ2v) is 11.3. The molecule has 0 N–H and O–H groups in total. The van der Waals surface area contributed by atoms with Crippen LogP contribution in [0.25, 0.3) is 0 Å². The minimum atomic E-state index is -4.69. The molecule has 0 bridgehead atoms. The largest absolute Gasteiger partial charge is 0.416 e. The highest BCUT2D eigenvalue weighted by atomic mass is 19.4. The number of carbonyl (C=O) groups is 1. The lowest BCUT2D eigenvalue weighted by Crippen LogP contribution is -2.57. The van der Waals surface area contributed by atoms with Gasteiger partial charge in [-0.1, -0.05) is 12.1 Å². The van der Waals surface area contributed by atoms with Crippen molar-refractivity contribution in [3.8, 4) is 0 Å². The Hall–Kier alpha value is -3.38. The molecule has 0 unspecified atom stereocenters. The van der Waals surface area contributed by atoms with Gasteiger partial charge in [-0.15, -0.1) is 10.2 Å². The van der Waals surface area contributed by atoms with Crippen LogP contribution in [0.2, 0.25) is 0 Å². The van der Waals surface area contributed by atoms with Crippen LogP contribution in [0.5, 0.6) is 0 Å². The molecule has 0 spiro atoms. The van der Waals surface area contributed by atoms with Crippen LogP contribution in [0.4, 0.5) is 27.6 Å². The summed E-state index contributed by atoms with van der Waals surface area (Å²) in [6.07, 6.45) is -4.84. The molecule has 2 atom stereocenters. The average molecular weight is 562 g/mol. The fourth-order valence-electron chi connectivity index (χ4n) is 5.95. The molecule has 40 heavy (non-hydrogen) atoms. The van der Waals surface area contributed by atoms with Crippen LogP contribution in [0, 0.1) is 0 Å². The highest BCUT2D eigenvalue weighted by Crippen LogP contribution is 2.47. The zero-order valence-electron chi connectivity index (χ0n) is 22.2. The number of hydrogen-bond acceptors (Lipinski definition) is 5. The number of fused-ring (bicyclic) bond motifs is 1. The molecule has 7 nitrogen and oxygen atoms in total. The number of carbonyl (C=O) groups excluding carboxylic acids is 1. The van der Waals surface area contributed by atoms with Gasteiger partial charge in [-0.3, -0.25) is 9.69 Å². The molecule has 0 radical (unpaired) electrons. The number of halogens is 5. The fraction of sp³-hybridized carbons (Fsp3) is 0.464. The quantitative estimate of drug-likeness (QED) is 0.393. The van der Waals surface area contributed by atoms with Gasteiger partial charge in [-0.05, 0) is 54.8 Å². The number of benzene rings is 2. The molecule has 4 heterocycles. The van der Waals surface area contributed by atoms with E-state index in [4.69, 9.17) is 4.74 Å². The molecule has 212 valence electrons. The van der Waals surface area contributed by atoms with Gasteiger partial charge in [-0.2, -0.15) is 13.2 Å². The van der Waals surface area contributed by atoms with Crippen molar-refractivity contribution in [3.63, 3.8) is 0 Å². The van der Waals surface area contributed by atoms with E-state index >= 15 is 4.39 Å². The van der Waals surface area contributed by atoms with Crippen LogP contribution in [-0.2, 0) is 29.9 Å². The van der Waals surface area contributed by atoms with E-state index in [0.717, 1.165) is 6.07 Å². The first-order valence-electron chi connectivity index (χ1n) is 13.0. The van der Waals surface area contributed by atoms with Crippen molar-refractivity contribution in [2.45, 2.75) is 49.9 Å². The lowest BCUT2D eigenvalue weighted by molar-refractivity contribution is -0.138. The molecule has 12 heteroatoms. The molecular weight excluding hydrogens is 533 g/mol. The Morgan fingerprint density at radius 1 is 1.12 bits per heavy atom. The Labute approximate surface area is 227 Å². The highest BCUT2D eigenvalue weighted by molar-refractivity contribution is 6.10. The first-order chi connectivity index (χ1) is 18.8. The van der Waals surface area contributed by atoms with E-state index in [-0.39, 0.29) is 49.8 Å². The molecule has 2 fully saturated rings. The lowest BCUT2D eigenvalue weighted by Gasteiger charge is -2.46. The van der Waals surface area contributed by atoms with Gasteiger partial charge in [0.2, 0.25) is 0 Å². The minimum Gasteiger partial charge on any atom is -0.379 e. The van der Waals surface area contributed by atoms with Crippen LogP contribution in [-0.4, -0.2) is 57.5 Å². The Morgan fingerprint density at radius 2 is 1.85 bits per heavy atom. The third kappa shape index (κ3) is 4.19. The molecule has 2 saturated heterocycles. The second-order valence-electron chi connectivity index (χ2n) is 11.3. The summed E-state index contributed by atoms with van der Waals surface area (Å²) in [5.41, 5.74) is -2.27. The van der Waals surface area contributed by atoms with Gasteiger partial charge in [0.05, 0.1) is 30.7 Å². The second kappa shape index (κ2) is 9.07. The molecule has 1 amide bonds. The van der Waals surface area contributed by atoms with E-state index in [2.05, 4.69) is 10.2 Å². The van der Waals surface area contributed by atoms with E-state index < -0.39 is 40.9 Å². The monoisotopic (exact) mass is 561 g/mol. The maximum absolute atomic E-state index is 15.8. The third-order valence-corrected chi connectivity index (χ3v) is 8.38. The number of alkyl halides is 5. The predicted octanol–water partition coefficient (Wildman–Crippen LogP) is 5.08. The van der Waals surface area contributed by atoms with Crippen LogP contribution in [0.3, 0.4) is 0 Å². The van der Waals surface area contributed by atoms with E-state index in [1.807, 2.05) is 0 Å². The van der Waals surface area contributed by atoms with Crippen molar-refractivity contribution < 1.29 is 31.5 Å². The van der Waals surface area contributed by atoms with Gasteiger partial charge >= 0.3 is 6.18 Å². The number of rotatable bonds is 6. The maximum Gasteiger partial charge on any atom is 0.416 e. The van der Waals surface area contributed by atoms with Gasteiger partial charge in [0, 0.05) is 37.4 Å². The van der Waals surface area contributed by atoms with E-state index in [1.165, 1.54) is 28.8 Å². The molecule has 3 aliphatic heterocycles. The first-order valence-corrected chi connectivity index (χ1v) is 13.0. The molecule has 1 aromatic heterocycles. The molecule has 3 aromatic rings. The topological polar surface area (TPSA) is 63.5 Å². The van der Waals surface area contributed by atoms with Crippen LogP contribution in [0.15, 0.2) is 42.7 Å². The van der Waals surface area contributed by atoms with Gasteiger partial charge < -0.3 is 14.2 Å². The summed E-state index contributed by atoms with van der Waals surface area (Å²) in [6.45, 7) is 3.25. The summed E-state index contributed by atoms with van der Waals surface area (Å²) >= 11 is 0. The molecule has 3 aliphatic rings. The number of aryl methyl sites for hydroxylation is 1. The molecule has 0 saturated carbocycles. The average Bonchev–Trinajstić information content (AvgIpc) is 3.43. The Bertz CT molecular complexity index is 1470. The van der Waals surface area contributed by atoms with E-state index in [0.29, 0.717) is 16.8 Å². The number of hydrogen-bond donors (Lipinski definition) is 0. The van der Waals surface area contributed by atoms with Crippen LogP contribution < -0.4 is 4.90 Å². The molecule has 6 rings (SSSR count). The van der Waals surface area contributed by atoms with Gasteiger partial charge in [-0.25, -0.2) is 8.78 Å². The zero-order valence-corrected chi connectivity index (χ0v) is 22.2. The zero-order chi connectivity index (χ0) is 28.6. The number of aromatic nitrogens is 3. The molecule has 0 aliphatic carbocycles. The summed E-state index contributed by atoms with van der Waals surface area (Å²) in [7, 11) is 1.64. The van der Waals surface area contributed by atoms with Crippen molar-refractivity contribution in [1.82, 2.24) is 19.7 Å². The predicted molar refractivity (Wildman–Crippen MR) is 135 cm³/mol. The summed E-state index contributed by atoms with van der Waals surface area (Å²) in [6, 6.07) is 8.68. The summed E-state index contributed by atoms with van der Waals surface area (Å²) in [5, 5.41) is 7.66. The first kappa shape index (κ1) is 26.8. The highest BCUT2D eigenvalue weighted by Gasteiger charge is 2.51. The van der Waals surface area contributed by atoms with Crippen molar-refractivity contribution in [3.05, 3.63) is 76.4 Å². The van der Waals surface area contributed by atoms with E-state index in [9.17, 15) is 22.4 Å². The van der Waals surface area contributed by atoms with Crippen molar-refractivity contribution in [2.24, 2.45) is 7.05 Å². The number of nitrogens with zero attached hydrogens (tertiary/aromatic N) is 5. The maximum atomic E-state index is 15.8. The Balaban J connectivity index is 1.34. The van der Waals surface area contributed by atoms with Gasteiger partial charge in [0.25, 0.3) is 5.91 Å². The van der Waals surface area contributed by atoms with Crippen LogP contribution in [0.1, 0.15) is 64.5 Å². The minimum absolute atomic E-state index is 0.0326. The van der Waals surface area contributed by atoms with Gasteiger partial charge in [0.15, 0.2) is 12.0 Å². The number of anilines is 1. The van der Waals surface area contributed by atoms with Gasteiger partial charge in [0.1, 0.15) is 12.0 Å². The fourth-order valence-corrected chi connectivity index (χ4v) is 5.95. The summed E-state index contributed by atoms with van der Waals surface area (Å²) in [4.78, 5) is 16.6. The number of ether oxygens (including phenoxy) is 1. The number of amides is 1. The lowest BCUT2D eigenvalue weighted by atomic mass is 9.74. The van der Waals surface area contributed by atoms with Crippen LogP contribution >= 0.6 is 0 Å². The summed E-state index contributed by atoms with van der Waals surface area (Å²) < 4.78 is 79.5. The normalized spacial score (nSPS) is 21.5. The van der Waals surface area contributed by atoms with E-state index in [1.54, 1.807) is 43.1 Å². The van der Waals surface area contributed by atoms with Crippen molar-refractivity contribution in [2.75, 3.05) is 31.2 Å². The standard InChI is InChI=1S/C28H28F5N5O2/c1-16(37-11-26(2,30)12-37)17-7-20-21(22(8-17)28(31,32)33)10-38(25(20)39)19-6-4-5-18(9-19)27(13-40-14-27)23(29)24-35-34-15-36(24)3/h4-9,15-16,23H,10-14H2,1-3H3/t16-,23-/m0/s1. The SMILES string of the molecule is C[C@@H](c1cc2c(c(C(F)(F)F)c1)CN(c1cccc(C3([C@@H](F)c4nncn4C)COC3)c1)C2=O)N1CC(C)(F)C1. The third-order valence-electron chi connectivity index (χ3n) is 8.38. The Morgan fingerprint density at radius 3 is 2.42 bits per heavy atom. The molecular formula is C28H28F5N5O2. The smallest absolute Gasteiger partial charge is 0.379 e. The molecule has 2 aromatic carbocycles. The van der Waals surface area contributed by atoms with Crippen molar-refractivity contribution >= 4 is 11.6 Å². The Kier molecular flexibility index (Phi) is 6.08. The van der Waals surface area contributed by atoms with Crippen molar-refractivity contribution in [1.29, 1.82) is 0 Å².